The number of carbonyl (C=O) groups is 2. The topological polar surface area (TPSA) is 71.1 Å². The van der Waals surface area contributed by atoms with Gasteiger partial charge in [0.2, 0.25) is 12.9 Å². The minimum atomic E-state index is -0.932. The maximum atomic E-state index is 12.1. The van der Waals surface area contributed by atoms with Gasteiger partial charge < -0.3 is 18.9 Å². The number of hydrogen-bond donors (Lipinski definition) is 0. The van der Waals surface area contributed by atoms with E-state index in [1.165, 1.54) is 13.2 Å². The summed E-state index contributed by atoms with van der Waals surface area (Å²) in [5.41, 5.74) is 0.295. The van der Waals surface area contributed by atoms with E-state index in [2.05, 4.69) is 4.74 Å². The van der Waals surface area contributed by atoms with Gasteiger partial charge in [-0.3, -0.25) is 0 Å². The van der Waals surface area contributed by atoms with Crippen LogP contribution in [0.25, 0.3) is 0 Å². The summed E-state index contributed by atoms with van der Waals surface area (Å²) in [6.07, 6.45) is -0.932. The molecule has 6 heteroatoms. The van der Waals surface area contributed by atoms with Crippen LogP contribution in [-0.2, 0) is 14.3 Å². The van der Waals surface area contributed by atoms with E-state index in [-0.39, 0.29) is 12.7 Å². The molecule has 1 aliphatic heterocycles. The Bertz CT molecular complexity index is 522. The second-order valence-corrected chi connectivity index (χ2v) is 4.66. The van der Waals surface area contributed by atoms with Crippen LogP contribution < -0.4 is 9.47 Å². The van der Waals surface area contributed by atoms with E-state index >= 15 is 0 Å². The Labute approximate surface area is 116 Å². The number of rotatable bonds is 4. The van der Waals surface area contributed by atoms with Crippen molar-refractivity contribution in [1.29, 1.82) is 0 Å². The quantitative estimate of drug-likeness (QED) is 0.783. The van der Waals surface area contributed by atoms with Gasteiger partial charge in [0.05, 0.1) is 12.7 Å². The predicted octanol–water partition coefficient (Wildman–Crippen LogP) is 1.77. The summed E-state index contributed by atoms with van der Waals surface area (Å²) in [6, 6.07) is 4.71. The predicted molar refractivity (Wildman–Crippen MR) is 68.6 cm³/mol. The monoisotopic (exact) mass is 280 g/mol. The molecule has 0 spiro atoms. The van der Waals surface area contributed by atoms with Gasteiger partial charge in [-0.2, -0.15) is 0 Å². The van der Waals surface area contributed by atoms with Crippen LogP contribution in [-0.4, -0.2) is 31.9 Å². The Morgan fingerprint density at radius 1 is 1.20 bits per heavy atom. The zero-order valence-electron chi connectivity index (χ0n) is 11.5. The third kappa shape index (κ3) is 2.84. The molecule has 1 heterocycles. The fraction of sp³-hybridized carbons (Fsp3) is 0.429. The molecule has 0 aromatic heterocycles. The lowest BCUT2D eigenvalue weighted by molar-refractivity contribution is -0.153. The normalized spacial score (nSPS) is 14.0. The van der Waals surface area contributed by atoms with Crippen LogP contribution in [0, 0.1) is 5.92 Å². The molecule has 20 heavy (non-hydrogen) atoms. The number of hydrogen-bond acceptors (Lipinski definition) is 6. The summed E-state index contributed by atoms with van der Waals surface area (Å²) in [7, 11) is 1.26. The fourth-order valence-electron chi connectivity index (χ4n) is 1.78. The van der Waals surface area contributed by atoms with Gasteiger partial charge in [0.15, 0.2) is 11.5 Å². The third-order valence-electron chi connectivity index (χ3n) is 2.88. The number of ether oxygens (including phenoxy) is 4. The summed E-state index contributed by atoms with van der Waals surface area (Å²) in [4.78, 5) is 23.6. The van der Waals surface area contributed by atoms with Gasteiger partial charge in [-0.15, -0.1) is 0 Å². The number of benzene rings is 1. The summed E-state index contributed by atoms with van der Waals surface area (Å²) < 4.78 is 20.2. The van der Waals surface area contributed by atoms with E-state index in [1.54, 1.807) is 26.0 Å². The minimum absolute atomic E-state index is 0.130. The van der Waals surface area contributed by atoms with E-state index in [9.17, 15) is 9.59 Å². The van der Waals surface area contributed by atoms with E-state index in [4.69, 9.17) is 14.2 Å². The van der Waals surface area contributed by atoms with Crippen molar-refractivity contribution >= 4 is 11.9 Å². The van der Waals surface area contributed by atoms with E-state index in [0.29, 0.717) is 17.1 Å². The molecule has 0 radical (unpaired) electrons. The molecule has 0 fully saturated rings. The van der Waals surface area contributed by atoms with Crippen molar-refractivity contribution in [2.45, 2.75) is 20.0 Å². The fourth-order valence-corrected chi connectivity index (χ4v) is 1.78. The smallest absolute Gasteiger partial charge is 0.347 e. The van der Waals surface area contributed by atoms with Crippen LogP contribution in [0.5, 0.6) is 11.5 Å². The molecule has 1 aliphatic rings. The Morgan fingerprint density at radius 3 is 2.55 bits per heavy atom. The van der Waals surface area contributed by atoms with E-state index in [1.807, 2.05) is 0 Å². The lowest BCUT2D eigenvalue weighted by atomic mass is 10.1. The van der Waals surface area contributed by atoms with Crippen LogP contribution in [0.3, 0.4) is 0 Å². The van der Waals surface area contributed by atoms with Crippen molar-refractivity contribution in [3.63, 3.8) is 0 Å². The summed E-state index contributed by atoms with van der Waals surface area (Å²) >= 11 is 0. The second-order valence-electron chi connectivity index (χ2n) is 4.66. The molecule has 0 aliphatic carbocycles. The average Bonchev–Trinajstić information content (AvgIpc) is 2.90. The van der Waals surface area contributed by atoms with Gasteiger partial charge in [-0.25, -0.2) is 9.59 Å². The number of fused-ring (bicyclic) bond motifs is 1. The molecule has 0 saturated heterocycles. The van der Waals surface area contributed by atoms with Gasteiger partial charge in [-0.05, 0) is 18.2 Å². The largest absolute Gasteiger partial charge is 0.466 e. The van der Waals surface area contributed by atoms with Crippen molar-refractivity contribution in [2.24, 2.45) is 5.92 Å². The summed E-state index contributed by atoms with van der Waals surface area (Å²) in [5, 5.41) is 0. The van der Waals surface area contributed by atoms with Crippen molar-refractivity contribution in [1.82, 2.24) is 0 Å². The Kier molecular flexibility index (Phi) is 4.12. The first-order valence-corrected chi connectivity index (χ1v) is 6.21. The zero-order valence-corrected chi connectivity index (χ0v) is 11.5. The molecule has 0 saturated carbocycles. The number of carbonyl (C=O) groups excluding carboxylic acids is 2. The lowest BCUT2D eigenvalue weighted by Crippen LogP contribution is -2.33. The van der Waals surface area contributed by atoms with Crippen molar-refractivity contribution in [2.75, 3.05) is 13.9 Å². The van der Waals surface area contributed by atoms with Gasteiger partial charge in [-0.1, -0.05) is 13.8 Å². The molecule has 6 nitrogen and oxygen atoms in total. The van der Waals surface area contributed by atoms with Crippen molar-refractivity contribution in [3.05, 3.63) is 23.8 Å². The SMILES string of the molecule is COC(=O)[C@H](OC(=O)c1ccc2c(c1)OCO2)C(C)C. The third-order valence-corrected chi connectivity index (χ3v) is 2.88. The maximum Gasteiger partial charge on any atom is 0.347 e. The van der Waals surface area contributed by atoms with E-state index < -0.39 is 18.0 Å². The van der Waals surface area contributed by atoms with E-state index in [0.717, 1.165) is 0 Å². The van der Waals surface area contributed by atoms with Crippen molar-refractivity contribution < 1.29 is 28.5 Å². The summed E-state index contributed by atoms with van der Waals surface area (Å²) in [6.45, 7) is 3.67. The van der Waals surface area contributed by atoms with Gasteiger partial charge in [0.25, 0.3) is 0 Å². The molecule has 2 rings (SSSR count). The number of esters is 2. The molecular formula is C14H16O6. The molecule has 1 aromatic carbocycles. The highest BCUT2D eigenvalue weighted by Gasteiger charge is 2.28. The first-order valence-electron chi connectivity index (χ1n) is 6.21. The van der Waals surface area contributed by atoms with Crippen LogP contribution >= 0.6 is 0 Å². The van der Waals surface area contributed by atoms with Crippen molar-refractivity contribution in [3.8, 4) is 11.5 Å². The summed E-state index contributed by atoms with van der Waals surface area (Å²) in [5.74, 6) is -0.296. The first kappa shape index (κ1) is 14.2. The molecule has 0 amide bonds. The minimum Gasteiger partial charge on any atom is -0.466 e. The van der Waals surface area contributed by atoms with Crippen LogP contribution in [0.15, 0.2) is 18.2 Å². The Hall–Kier alpha value is -2.24. The molecular weight excluding hydrogens is 264 g/mol. The number of methoxy groups -OCH3 is 1. The molecule has 1 atom stereocenters. The Morgan fingerprint density at radius 2 is 1.90 bits per heavy atom. The average molecular weight is 280 g/mol. The highest BCUT2D eigenvalue weighted by atomic mass is 16.7. The maximum absolute atomic E-state index is 12.1. The van der Waals surface area contributed by atoms with Crippen LogP contribution in [0.1, 0.15) is 24.2 Å². The standard InChI is InChI=1S/C14H16O6/c1-8(2)12(14(16)17-3)20-13(15)9-4-5-10-11(6-9)19-7-18-10/h4-6,8,12H,7H2,1-3H3/t12-/m1/s1. The molecule has 0 unspecified atom stereocenters. The molecule has 1 aromatic rings. The van der Waals surface area contributed by atoms with Gasteiger partial charge in [0.1, 0.15) is 0 Å². The zero-order chi connectivity index (χ0) is 14.7. The molecule has 0 bridgehead atoms. The molecule has 108 valence electrons. The van der Waals surface area contributed by atoms with Crippen LogP contribution in [0.4, 0.5) is 0 Å². The highest BCUT2D eigenvalue weighted by molar-refractivity contribution is 5.92. The first-order chi connectivity index (χ1) is 9.52. The van der Waals surface area contributed by atoms with Gasteiger partial charge >= 0.3 is 11.9 Å². The Balaban J connectivity index is 2.12. The van der Waals surface area contributed by atoms with Gasteiger partial charge in [0, 0.05) is 5.92 Å². The molecule has 0 N–H and O–H groups in total. The lowest BCUT2D eigenvalue weighted by Gasteiger charge is -2.18. The van der Waals surface area contributed by atoms with Crippen LogP contribution in [0.2, 0.25) is 0 Å². The highest BCUT2D eigenvalue weighted by Crippen LogP contribution is 2.32. The second kappa shape index (κ2) is 5.81.